The third kappa shape index (κ3) is 3.03. The molecule has 7 heteroatoms. The molecule has 0 spiro atoms. The Hall–Kier alpha value is -5.17. The predicted molar refractivity (Wildman–Crippen MR) is 154 cm³/mol. The van der Waals surface area contributed by atoms with Crippen LogP contribution in [-0.2, 0) is 17.4 Å². The third-order valence-corrected chi connectivity index (χ3v) is 8.22. The van der Waals surface area contributed by atoms with E-state index in [1.165, 1.54) is 6.07 Å². The number of pyridine rings is 1. The molecular weight excluding hydrogens is 502 g/mol. The van der Waals surface area contributed by atoms with Crippen LogP contribution in [-0.4, -0.2) is 19.9 Å². The van der Waals surface area contributed by atoms with Gasteiger partial charge in [-0.05, 0) is 43.7 Å². The van der Waals surface area contributed by atoms with Crippen LogP contribution < -0.4 is 0 Å². The number of carbonyl (C=O) groups excluding carboxylic acids is 1. The monoisotopic (exact) mass is 527 g/mol. The van der Waals surface area contributed by atoms with Crippen molar-refractivity contribution in [3.63, 3.8) is 0 Å². The fourth-order valence-corrected chi connectivity index (χ4v) is 6.47. The Morgan fingerprint density at radius 1 is 0.875 bits per heavy atom. The number of cyclic esters (lactones) is 1. The van der Waals surface area contributed by atoms with E-state index in [0.717, 1.165) is 50.2 Å². The Labute approximate surface area is 230 Å². The molecule has 0 saturated carbocycles. The van der Waals surface area contributed by atoms with Crippen molar-refractivity contribution in [3.05, 3.63) is 141 Å². The maximum absolute atomic E-state index is 13.9. The fourth-order valence-electron chi connectivity index (χ4n) is 6.47. The number of hydrogen-bond donors (Lipinski definition) is 0. The van der Waals surface area contributed by atoms with Crippen molar-refractivity contribution in [2.75, 3.05) is 0 Å². The molecule has 6 aromatic rings. The van der Waals surface area contributed by atoms with Gasteiger partial charge in [0.05, 0.1) is 10.6 Å². The summed E-state index contributed by atoms with van der Waals surface area (Å²) in [7, 11) is 1.99. The summed E-state index contributed by atoms with van der Waals surface area (Å²) in [6, 6.07) is 30.9. The Balaban J connectivity index is 1.75. The van der Waals surface area contributed by atoms with E-state index in [4.69, 9.17) is 4.74 Å². The van der Waals surface area contributed by atoms with Crippen molar-refractivity contribution in [2.24, 2.45) is 7.05 Å². The molecule has 7 rings (SSSR count). The fraction of sp³-hybridized carbons (Fsp3) is 0.121. The lowest BCUT2D eigenvalue weighted by Gasteiger charge is -2.32. The summed E-state index contributed by atoms with van der Waals surface area (Å²) in [6.07, 6.45) is 0. The standard InChI is InChI=1S/C33H25N3O4/c1-20-11-9-14-23-19-25(22-12-5-4-6-13-22)31(35(20)23)33(30-21(2)34(3)27-17-8-7-15-24(27)30)26-16-10-18-28(36(38)39)29(26)32(37)40-33/h4-19H,1-3H3. The van der Waals surface area contributed by atoms with Crippen LogP contribution >= 0.6 is 0 Å². The maximum Gasteiger partial charge on any atom is 0.347 e. The number of esters is 1. The Bertz CT molecular complexity index is 2020. The Morgan fingerprint density at radius 3 is 2.38 bits per heavy atom. The van der Waals surface area contributed by atoms with Gasteiger partial charge in [-0.3, -0.25) is 10.1 Å². The molecule has 0 amide bonds. The molecule has 196 valence electrons. The van der Waals surface area contributed by atoms with Crippen molar-refractivity contribution in [1.82, 2.24) is 8.97 Å². The van der Waals surface area contributed by atoms with Crippen LogP contribution in [0.15, 0.2) is 97.1 Å². The summed E-state index contributed by atoms with van der Waals surface area (Å²) in [6.45, 7) is 4.02. The van der Waals surface area contributed by atoms with Gasteiger partial charge in [-0.15, -0.1) is 0 Å². The molecule has 7 nitrogen and oxygen atoms in total. The molecule has 1 unspecified atom stereocenters. The van der Waals surface area contributed by atoms with Crippen LogP contribution in [0, 0.1) is 24.0 Å². The number of rotatable bonds is 4. The average Bonchev–Trinajstić information content (AvgIpc) is 3.59. The molecule has 0 aliphatic carbocycles. The molecule has 3 aromatic heterocycles. The van der Waals surface area contributed by atoms with Crippen LogP contribution in [0.1, 0.15) is 38.6 Å². The van der Waals surface area contributed by atoms with Crippen molar-refractivity contribution in [1.29, 1.82) is 0 Å². The number of benzene rings is 3. The molecule has 3 aromatic carbocycles. The molecule has 1 atom stereocenters. The first-order chi connectivity index (χ1) is 19.3. The number of aryl methyl sites for hydroxylation is 2. The Morgan fingerprint density at radius 2 is 1.60 bits per heavy atom. The summed E-state index contributed by atoms with van der Waals surface area (Å²) in [4.78, 5) is 25.5. The van der Waals surface area contributed by atoms with E-state index in [2.05, 4.69) is 15.0 Å². The van der Waals surface area contributed by atoms with Gasteiger partial charge in [0.15, 0.2) is 0 Å². The van der Waals surface area contributed by atoms with E-state index in [9.17, 15) is 14.9 Å². The number of nitro groups is 1. The largest absolute Gasteiger partial charge is 0.439 e. The molecule has 0 fully saturated rings. The highest BCUT2D eigenvalue weighted by molar-refractivity contribution is 6.02. The lowest BCUT2D eigenvalue weighted by molar-refractivity contribution is -0.385. The van der Waals surface area contributed by atoms with Gasteiger partial charge in [0, 0.05) is 57.6 Å². The minimum absolute atomic E-state index is 0.0117. The summed E-state index contributed by atoms with van der Waals surface area (Å²) in [5.74, 6) is -0.711. The summed E-state index contributed by atoms with van der Waals surface area (Å²) >= 11 is 0. The minimum atomic E-state index is -1.47. The zero-order valence-electron chi connectivity index (χ0n) is 22.2. The van der Waals surface area contributed by atoms with Crippen molar-refractivity contribution >= 4 is 28.1 Å². The van der Waals surface area contributed by atoms with E-state index < -0.39 is 16.5 Å². The Kier molecular flexibility index (Phi) is 5.03. The normalized spacial score (nSPS) is 16.4. The second-order valence-corrected chi connectivity index (χ2v) is 10.3. The van der Waals surface area contributed by atoms with Gasteiger partial charge in [0.1, 0.15) is 5.56 Å². The quantitative estimate of drug-likeness (QED) is 0.139. The SMILES string of the molecule is Cc1c(C2(c3c(-c4ccccc4)cc4cccc(C)n34)OC(=O)c3c([N+](=O)[O-])cccc32)c2ccccc2n1C. The molecule has 1 aliphatic heterocycles. The van der Waals surface area contributed by atoms with Crippen LogP contribution in [0.5, 0.6) is 0 Å². The van der Waals surface area contributed by atoms with Gasteiger partial charge in [-0.1, -0.05) is 66.7 Å². The van der Waals surface area contributed by atoms with Gasteiger partial charge in [0.25, 0.3) is 5.69 Å². The van der Waals surface area contributed by atoms with E-state index in [0.29, 0.717) is 5.56 Å². The molecule has 0 N–H and O–H groups in total. The first kappa shape index (κ1) is 23.9. The van der Waals surface area contributed by atoms with Gasteiger partial charge in [-0.2, -0.15) is 0 Å². The van der Waals surface area contributed by atoms with Crippen LogP contribution in [0.25, 0.3) is 27.5 Å². The number of nitrogens with zero attached hydrogens (tertiary/aromatic N) is 3. The zero-order valence-corrected chi connectivity index (χ0v) is 22.2. The summed E-state index contributed by atoms with van der Waals surface area (Å²) < 4.78 is 10.8. The smallest absolute Gasteiger partial charge is 0.347 e. The van der Waals surface area contributed by atoms with E-state index >= 15 is 0 Å². The van der Waals surface area contributed by atoms with Crippen LogP contribution in [0.2, 0.25) is 0 Å². The lowest BCUT2D eigenvalue weighted by Crippen LogP contribution is -2.33. The van der Waals surface area contributed by atoms with E-state index in [1.807, 2.05) is 93.7 Å². The highest BCUT2D eigenvalue weighted by Crippen LogP contribution is 2.55. The number of hydrogen-bond acceptors (Lipinski definition) is 4. The highest BCUT2D eigenvalue weighted by atomic mass is 16.6. The van der Waals surface area contributed by atoms with Gasteiger partial charge >= 0.3 is 5.97 Å². The van der Waals surface area contributed by atoms with Crippen molar-refractivity contribution in [3.8, 4) is 11.1 Å². The number of aromatic nitrogens is 2. The number of fused-ring (bicyclic) bond motifs is 3. The average molecular weight is 528 g/mol. The van der Waals surface area contributed by atoms with Crippen molar-refractivity contribution in [2.45, 2.75) is 19.4 Å². The summed E-state index contributed by atoms with van der Waals surface area (Å²) in [5, 5.41) is 13.1. The molecule has 0 radical (unpaired) electrons. The molecular formula is C33H25N3O4. The number of ether oxygens (including phenoxy) is 1. The third-order valence-electron chi connectivity index (χ3n) is 8.22. The number of carbonyl (C=O) groups is 1. The second kappa shape index (κ2) is 8.41. The molecule has 0 saturated heterocycles. The van der Waals surface area contributed by atoms with Crippen molar-refractivity contribution < 1.29 is 14.5 Å². The highest BCUT2D eigenvalue weighted by Gasteiger charge is 2.56. The predicted octanol–water partition coefficient (Wildman–Crippen LogP) is 7.09. The maximum atomic E-state index is 13.9. The topological polar surface area (TPSA) is 78.8 Å². The molecule has 0 bridgehead atoms. The van der Waals surface area contributed by atoms with Gasteiger partial charge < -0.3 is 13.7 Å². The first-order valence-corrected chi connectivity index (χ1v) is 13.1. The van der Waals surface area contributed by atoms with E-state index in [1.54, 1.807) is 12.1 Å². The summed E-state index contributed by atoms with van der Waals surface area (Å²) in [5.41, 5.74) is 5.84. The van der Waals surface area contributed by atoms with E-state index in [-0.39, 0.29) is 11.3 Å². The van der Waals surface area contributed by atoms with Crippen LogP contribution in [0.3, 0.4) is 0 Å². The second-order valence-electron chi connectivity index (χ2n) is 10.3. The minimum Gasteiger partial charge on any atom is -0.439 e. The number of nitro benzene ring substituents is 1. The lowest BCUT2D eigenvalue weighted by atomic mass is 9.78. The zero-order chi connectivity index (χ0) is 27.8. The van der Waals surface area contributed by atoms with Crippen LogP contribution in [0.4, 0.5) is 5.69 Å². The first-order valence-electron chi connectivity index (χ1n) is 13.1. The van der Waals surface area contributed by atoms with Gasteiger partial charge in [0.2, 0.25) is 5.60 Å². The molecule has 40 heavy (non-hydrogen) atoms. The van der Waals surface area contributed by atoms with Gasteiger partial charge in [-0.25, -0.2) is 4.79 Å². The molecule has 1 aliphatic rings. The molecule has 4 heterocycles. The number of para-hydroxylation sites is 1.